The number of hydrogen-bond acceptors (Lipinski definition) is 3. The molecule has 0 N–H and O–H groups in total. The summed E-state index contributed by atoms with van der Waals surface area (Å²) in [5.74, 6) is 1.56. The van der Waals surface area contributed by atoms with Crippen LogP contribution in [0.4, 0.5) is 0 Å². The van der Waals surface area contributed by atoms with Crippen LogP contribution >= 0.6 is 0 Å². The molecule has 0 heterocycles. The van der Waals surface area contributed by atoms with Crippen LogP contribution in [0.3, 0.4) is 0 Å². The summed E-state index contributed by atoms with van der Waals surface area (Å²) in [6, 6.07) is 7.35. The van der Waals surface area contributed by atoms with E-state index in [0.717, 1.165) is 11.5 Å². The lowest BCUT2D eigenvalue weighted by atomic mass is 10.3. The Kier molecular flexibility index (Phi) is 5.68. The molecule has 4 heteroatoms. The van der Waals surface area contributed by atoms with Crippen molar-refractivity contribution in [2.45, 2.75) is 13.8 Å². The Bertz CT molecular complexity index is 369. The molecule has 0 aliphatic carbocycles. The van der Waals surface area contributed by atoms with Crippen molar-refractivity contribution in [1.82, 2.24) is 0 Å². The number of hydroxylamine groups is 3. The van der Waals surface area contributed by atoms with Crippen LogP contribution in [-0.4, -0.2) is 31.5 Å². The molecule has 0 saturated carbocycles. The van der Waals surface area contributed by atoms with Gasteiger partial charge in [0.2, 0.25) is 0 Å². The maximum atomic E-state index is 11.9. The lowest BCUT2D eigenvalue weighted by Gasteiger charge is -2.36. The quantitative estimate of drug-likeness (QED) is 0.552. The smallest absolute Gasteiger partial charge is 0.120 e. The van der Waals surface area contributed by atoms with Crippen molar-refractivity contribution in [3.63, 3.8) is 0 Å². The van der Waals surface area contributed by atoms with Crippen LogP contribution in [0.1, 0.15) is 13.8 Å². The summed E-state index contributed by atoms with van der Waals surface area (Å²) in [5, 5.41) is 11.9. The molecule has 0 atom stereocenters. The number of methoxy groups -OCH3 is 1. The number of hydrogen-bond donors (Lipinski definition) is 0. The second-order valence-electron chi connectivity index (χ2n) is 3.96. The zero-order valence-electron chi connectivity index (χ0n) is 11.3. The summed E-state index contributed by atoms with van der Waals surface area (Å²) in [5.41, 5.74) is 0. The van der Waals surface area contributed by atoms with Crippen molar-refractivity contribution in [1.29, 1.82) is 0 Å². The molecule has 0 unspecified atom stereocenters. The number of rotatable bonds is 7. The van der Waals surface area contributed by atoms with Crippen LogP contribution in [-0.2, 0) is 0 Å². The van der Waals surface area contributed by atoms with E-state index in [-0.39, 0.29) is 4.65 Å². The standard InChI is InChI=1S/C14H21NO3/c1-4-15(16,5-2)11-6-12-18-14-9-7-13(17-3)8-10-14/h6-11H,4-5,12H2,1-3H3/b11-6+. The topological polar surface area (TPSA) is 41.5 Å². The first kappa shape index (κ1) is 14.5. The molecule has 0 aliphatic heterocycles. The lowest BCUT2D eigenvalue weighted by molar-refractivity contribution is -0.825. The lowest BCUT2D eigenvalue weighted by Crippen LogP contribution is -2.35. The Morgan fingerprint density at radius 2 is 1.67 bits per heavy atom. The Morgan fingerprint density at radius 3 is 2.17 bits per heavy atom. The molecule has 0 aromatic heterocycles. The third-order valence-corrected chi connectivity index (χ3v) is 2.85. The van der Waals surface area contributed by atoms with Crippen LogP contribution < -0.4 is 9.47 Å². The molecule has 0 bridgehead atoms. The Labute approximate surface area is 109 Å². The molecule has 1 aromatic carbocycles. The van der Waals surface area contributed by atoms with Crippen LogP contribution in [0, 0.1) is 5.21 Å². The highest BCUT2D eigenvalue weighted by molar-refractivity contribution is 5.31. The Hall–Kier alpha value is -1.52. The normalized spacial score (nSPS) is 11.8. The first-order valence-electron chi connectivity index (χ1n) is 6.16. The molecule has 1 rings (SSSR count). The summed E-state index contributed by atoms with van der Waals surface area (Å²) in [7, 11) is 1.62. The summed E-state index contributed by atoms with van der Waals surface area (Å²) >= 11 is 0. The summed E-state index contributed by atoms with van der Waals surface area (Å²) in [6.07, 6.45) is 3.41. The largest absolute Gasteiger partial charge is 0.628 e. The van der Waals surface area contributed by atoms with Gasteiger partial charge in [-0.05, 0) is 38.1 Å². The SMILES string of the molecule is CC[N+]([O-])(/C=C/COc1ccc(OC)cc1)CC. The van der Waals surface area contributed by atoms with Gasteiger partial charge in [-0.3, -0.25) is 0 Å². The maximum Gasteiger partial charge on any atom is 0.120 e. The highest BCUT2D eigenvalue weighted by Crippen LogP contribution is 2.16. The molecule has 100 valence electrons. The predicted molar refractivity (Wildman–Crippen MR) is 72.3 cm³/mol. The first-order valence-corrected chi connectivity index (χ1v) is 6.16. The Balaban J connectivity index is 2.43. The summed E-state index contributed by atoms with van der Waals surface area (Å²) in [4.78, 5) is 0. The molecular weight excluding hydrogens is 230 g/mol. The molecule has 0 fully saturated rings. The van der Waals surface area contributed by atoms with Gasteiger partial charge in [-0.15, -0.1) is 0 Å². The summed E-state index contributed by atoms with van der Waals surface area (Å²) in [6.45, 7) is 5.23. The van der Waals surface area contributed by atoms with E-state index in [4.69, 9.17) is 9.47 Å². The van der Waals surface area contributed by atoms with Crippen molar-refractivity contribution in [3.05, 3.63) is 41.7 Å². The molecule has 0 radical (unpaired) electrons. The van der Waals surface area contributed by atoms with E-state index < -0.39 is 0 Å². The van der Waals surface area contributed by atoms with Gasteiger partial charge in [-0.25, -0.2) is 0 Å². The van der Waals surface area contributed by atoms with Crippen LogP contribution in [0.5, 0.6) is 11.5 Å². The average Bonchev–Trinajstić information content (AvgIpc) is 2.44. The third-order valence-electron chi connectivity index (χ3n) is 2.85. The van der Waals surface area contributed by atoms with E-state index in [0.29, 0.717) is 19.7 Å². The first-order chi connectivity index (χ1) is 8.63. The van der Waals surface area contributed by atoms with E-state index in [1.807, 2.05) is 38.1 Å². The van der Waals surface area contributed by atoms with Gasteiger partial charge >= 0.3 is 0 Å². The van der Waals surface area contributed by atoms with Gasteiger partial charge in [0.15, 0.2) is 0 Å². The number of benzene rings is 1. The number of quaternary nitrogens is 1. The monoisotopic (exact) mass is 251 g/mol. The predicted octanol–water partition coefficient (Wildman–Crippen LogP) is 2.94. The van der Waals surface area contributed by atoms with Crippen LogP contribution in [0.2, 0.25) is 0 Å². The van der Waals surface area contributed by atoms with Gasteiger partial charge in [0.25, 0.3) is 0 Å². The fourth-order valence-electron chi connectivity index (χ4n) is 1.49. The van der Waals surface area contributed by atoms with Crippen molar-refractivity contribution in [2.24, 2.45) is 0 Å². The van der Waals surface area contributed by atoms with Crippen molar-refractivity contribution in [2.75, 3.05) is 26.8 Å². The van der Waals surface area contributed by atoms with Crippen molar-refractivity contribution < 1.29 is 14.1 Å². The van der Waals surface area contributed by atoms with Crippen molar-refractivity contribution in [3.8, 4) is 11.5 Å². The Morgan fingerprint density at radius 1 is 1.11 bits per heavy atom. The van der Waals surface area contributed by atoms with Crippen LogP contribution in [0.15, 0.2) is 36.5 Å². The maximum absolute atomic E-state index is 11.9. The van der Waals surface area contributed by atoms with E-state index >= 15 is 0 Å². The molecular formula is C14H21NO3. The third kappa shape index (κ3) is 4.39. The minimum atomic E-state index is -0.314. The highest BCUT2D eigenvalue weighted by Gasteiger charge is 2.05. The van der Waals surface area contributed by atoms with E-state index in [1.165, 1.54) is 0 Å². The second kappa shape index (κ2) is 7.03. The van der Waals surface area contributed by atoms with Crippen molar-refractivity contribution >= 4 is 0 Å². The zero-order chi connectivity index (χ0) is 13.4. The fourth-order valence-corrected chi connectivity index (χ4v) is 1.49. The fraction of sp³-hybridized carbons (Fsp3) is 0.429. The van der Waals surface area contributed by atoms with Gasteiger partial charge in [-0.1, -0.05) is 0 Å². The minimum Gasteiger partial charge on any atom is -0.628 e. The number of ether oxygens (including phenoxy) is 2. The number of nitrogens with zero attached hydrogens (tertiary/aromatic N) is 1. The second-order valence-corrected chi connectivity index (χ2v) is 3.96. The van der Waals surface area contributed by atoms with E-state index in [9.17, 15) is 5.21 Å². The van der Waals surface area contributed by atoms with Gasteiger partial charge in [0.1, 0.15) is 18.1 Å². The van der Waals surface area contributed by atoms with Gasteiger partial charge in [0.05, 0.1) is 26.4 Å². The van der Waals surface area contributed by atoms with E-state index in [2.05, 4.69) is 0 Å². The molecule has 0 spiro atoms. The van der Waals surface area contributed by atoms with Crippen LogP contribution in [0.25, 0.3) is 0 Å². The molecule has 0 amide bonds. The minimum absolute atomic E-state index is 0.314. The van der Waals surface area contributed by atoms with E-state index in [1.54, 1.807) is 19.4 Å². The molecule has 0 saturated heterocycles. The zero-order valence-corrected chi connectivity index (χ0v) is 11.3. The summed E-state index contributed by atoms with van der Waals surface area (Å²) < 4.78 is 10.2. The average molecular weight is 251 g/mol. The molecule has 0 aliphatic rings. The van der Waals surface area contributed by atoms with Gasteiger partial charge in [-0.2, -0.15) is 0 Å². The molecule has 18 heavy (non-hydrogen) atoms. The molecule has 4 nitrogen and oxygen atoms in total. The molecule has 1 aromatic rings. The van der Waals surface area contributed by atoms with Gasteiger partial charge < -0.3 is 19.3 Å². The van der Waals surface area contributed by atoms with Gasteiger partial charge in [0, 0.05) is 6.08 Å². The highest BCUT2D eigenvalue weighted by atomic mass is 16.5.